The van der Waals surface area contributed by atoms with Crippen LogP contribution in [0.15, 0.2) is 77.2 Å². The van der Waals surface area contributed by atoms with Gasteiger partial charge in [-0.25, -0.2) is 4.39 Å². The Morgan fingerprint density at radius 3 is 2.48 bits per heavy atom. The van der Waals surface area contributed by atoms with Crippen molar-refractivity contribution < 1.29 is 8.81 Å². The molecule has 29 heavy (non-hydrogen) atoms. The molecule has 0 aliphatic heterocycles. The maximum Gasteiger partial charge on any atom is 0.247 e. The maximum absolute atomic E-state index is 13.5. The zero-order valence-corrected chi connectivity index (χ0v) is 16.5. The summed E-state index contributed by atoms with van der Waals surface area (Å²) in [6.45, 7) is 2.67. The van der Waals surface area contributed by atoms with Gasteiger partial charge in [-0.1, -0.05) is 59.6 Å². The average Bonchev–Trinajstić information content (AvgIpc) is 3.21. The van der Waals surface area contributed by atoms with Crippen molar-refractivity contribution in [2.75, 3.05) is 0 Å². The summed E-state index contributed by atoms with van der Waals surface area (Å²) in [6, 6.07) is 21.5. The van der Waals surface area contributed by atoms with E-state index >= 15 is 0 Å². The number of hydrogen-bond donors (Lipinski definition) is 1. The molecule has 1 N–H and O–H groups in total. The van der Waals surface area contributed by atoms with E-state index in [4.69, 9.17) is 16.0 Å². The minimum atomic E-state index is -0.353. The van der Waals surface area contributed by atoms with Crippen LogP contribution in [-0.2, 0) is 6.54 Å². The van der Waals surface area contributed by atoms with Gasteiger partial charge in [-0.3, -0.25) is 5.32 Å². The summed E-state index contributed by atoms with van der Waals surface area (Å²) in [5.74, 6) is 0.322. The Hall–Kier alpha value is -3.02. The Kier molecular flexibility index (Phi) is 5.69. The zero-order chi connectivity index (χ0) is 20.2. The Balaban J connectivity index is 1.63. The zero-order valence-electron chi connectivity index (χ0n) is 15.8. The highest BCUT2D eigenvalue weighted by molar-refractivity contribution is 6.30. The van der Waals surface area contributed by atoms with E-state index in [0.29, 0.717) is 23.0 Å². The van der Waals surface area contributed by atoms with Gasteiger partial charge < -0.3 is 4.42 Å². The Bertz CT molecular complexity index is 1090. The van der Waals surface area contributed by atoms with E-state index in [-0.39, 0.29) is 17.7 Å². The number of halogens is 2. The second-order valence-corrected chi connectivity index (χ2v) is 7.24. The fraction of sp³-hybridized carbons (Fsp3) is 0.130. The van der Waals surface area contributed by atoms with Crippen molar-refractivity contribution in [1.29, 1.82) is 0 Å². The molecule has 0 aliphatic rings. The molecular weight excluding hydrogens is 389 g/mol. The summed E-state index contributed by atoms with van der Waals surface area (Å²) in [6.07, 6.45) is 0. The molecule has 0 radical (unpaired) electrons. The van der Waals surface area contributed by atoms with E-state index in [1.54, 1.807) is 12.1 Å². The van der Waals surface area contributed by atoms with Crippen LogP contribution in [0.1, 0.15) is 28.6 Å². The van der Waals surface area contributed by atoms with Gasteiger partial charge in [0.15, 0.2) is 0 Å². The first-order chi connectivity index (χ1) is 14.1. The highest BCUT2D eigenvalue weighted by Crippen LogP contribution is 2.26. The van der Waals surface area contributed by atoms with Gasteiger partial charge in [0.05, 0.1) is 0 Å². The highest BCUT2D eigenvalue weighted by Gasteiger charge is 2.21. The van der Waals surface area contributed by atoms with Gasteiger partial charge in [0.1, 0.15) is 11.9 Å². The van der Waals surface area contributed by atoms with Crippen LogP contribution in [0.5, 0.6) is 0 Å². The van der Waals surface area contributed by atoms with Crippen LogP contribution in [0.4, 0.5) is 4.39 Å². The molecule has 6 heteroatoms. The third kappa shape index (κ3) is 4.70. The summed E-state index contributed by atoms with van der Waals surface area (Å²) in [4.78, 5) is 0. The normalized spacial score (nSPS) is 12.1. The lowest BCUT2D eigenvalue weighted by molar-refractivity contribution is 0.438. The predicted molar refractivity (Wildman–Crippen MR) is 111 cm³/mol. The summed E-state index contributed by atoms with van der Waals surface area (Å²) in [5, 5.41) is 12.4. The van der Waals surface area contributed by atoms with Crippen molar-refractivity contribution in [1.82, 2.24) is 15.5 Å². The van der Waals surface area contributed by atoms with Crippen molar-refractivity contribution in [2.24, 2.45) is 0 Å². The van der Waals surface area contributed by atoms with Gasteiger partial charge >= 0.3 is 0 Å². The van der Waals surface area contributed by atoms with E-state index in [1.165, 1.54) is 17.7 Å². The average molecular weight is 408 g/mol. The van der Waals surface area contributed by atoms with Crippen LogP contribution < -0.4 is 5.32 Å². The van der Waals surface area contributed by atoms with Crippen LogP contribution in [0.2, 0.25) is 5.02 Å². The molecule has 4 aromatic rings. The first-order valence-electron chi connectivity index (χ1n) is 9.22. The monoisotopic (exact) mass is 407 g/mol. The van der Waals surface area contributed by atoms with Gasteiger partial charge in [-0.2, -0.15) is 0 Å². The van der Waals surface area contributed by atoms with Crippen molar-refractivity contribution in [2.45, 2.75) is 19.5 Å². The molecule has 1 aromatic heterocycles. The standard InChI is InChI=1S/C23H19ClFN3O/c1-15-5-7-16(8-6-15)14-26-21(17-9-11-19(24)12-10-17)23-28-27-22(29-23)18-3-2-4-20(25)13-18/h2-13,21,26H,14H2,1H3/t21-/m1/s1. The third-order valence-corrected chi connectivity index (χ3v) is 4.85. The highest BCUT2D eigenvalue weighted by atomic mass is 35.5. The number of rotatable bonds is 6. The molecule has 0 unspecified atom stereocenters. The Labute approximate surface area is 173 Å². The SMILES string of the molecule is Cc1ccc(CN[C@H](c2ccc(Cl)cc2)c2nnc(-c3cccc(F)c3)o2)cc1. The fourth-order valence-electron chi connectivity index (χ4n) is 3.02. The third-order valence-electron chi connectivity index (χ3n) is 4.59. The van der Waals surface area contributed by atoms with Gasteiger partial charge in [0.2, 0.25) is 11.8 Å². The van der Waals surface area contributed by atoms with E-state index in [1.807, 2.05) is 24.3 Å². The molecule has 4 nitrogen and oxygen atoms in total. The van der Waals surface area contributed by atoms with Gasteiger partial charge in [0.25, 0.3) is 0 Å². The topological polar surface area (TPSA) is 51.0 Å². The van der Waals surface area contributed by atoms with Crippen molar-refractivity contribution >= 4 is 11.6 Å². The molecule has 0 saturated carbocycles. The van der Waals surface area contributed by atoms with Crippen LogP contribution in [0, 0.1) is 12.7 Å². The summed E-state index contributed by atoms with van der Waals surface area (Å²) >= 11 is 6.04. The number of benzene rings is 3. The van der Waals surface area contributed by atoms with Crippen LogP contribution in [-0.4, -0.2) is 10.2 Å². The maximum atomic E-state index is 13.5. The fourth-order valence-corrected chi connectivity index (χ4v) is 3.14. The molecule has 1 atom stereocenters. The predicted octanol–water partition coefficient (Wildman–Crippen LogP) is 5.72. The largest absolute Gasteiger partial charge is 0.419 e. The number of nitrogens with zero attached hydrogens (tertiary/aromatic N) is 2. The number of aryl methyl sites for hydroxylation is 1. The quantitative estimate of drug-likeness (QED) is 0.444. The van der Waals surface area contributed by atoms with Crippen LogP contribution >= 0.6 is 11.6 Å². The van der Waals surface area contributed by atoms with Crippen LogP contribution in [0.3, 0.4) is 0 Å². The number of aromatic nitrogens is 2. The smallest absolute Gasteiger partial charge is 0.247 e. The second-order valence-electron chi connectivity index (χ2n) is 6.81. The summed E-state index contributed by atoms with van der Waals surface area (Å²) in [5.41, 5.74) is 3.83. The first kappa shape index (κ1) is 19.3. The molecular formula is C23H19ClFN3O. The van der Waals surface area contributed by atoms with E-state index < -0.39 is 0 Å². The molecule has 0 bridgehead atoms. The lowest BCUT2D eigenvalue weighted by Gasteiger charge is -2.16. The van der Waals surface area contributed by atoms with Crippen molar-refractivity contribution in [3.63, 3.8) is 0 Å². The van der Waals surface area contributed by atoms with E-state index in [9.17, 15) is 4.39 Å². The molecule has 0 aliphatic carbocycles. The van der Waals surface area contributed by atoms with Gasteiger partial charge in [0, 0.05) is 17.1 Å². The van der Waals surface area contributed by atoms with Crippen molar-refractivity contribution in [3.05, 3.63) is 106 Å². The molecule has 146 valence electrons. The lowest BCUT2D eigenvalue weighted by Crippen LogP contribution is -2.22. The van der Waals surface area contributed by atoms with Gasteiger partial charge in [-0.15, -0.1) is 10.2 Å². The molecule has 3 aromatic carbocycles. The molecule has 0 spiro atoms. The Morgan fingerprint density at radius 2 is 1.76 bits per heavy atom. The van der Waals surface area contributed by atoms with Crippen LogP contribution in [0.25, 0.3) is 11.5 Å². The molecule has 1 heterocycles. The van der Waals surface area contributed by atoms with E-state index in [0.717, 1.165) is 11.1 Å². The van der Waals surface area contributed by atoms with Gasteiger partial charge in [-0.05, 0) is 48.4 Å². The summed E-state index contributed by atoms with van der Waals surface area (Å²) in [7, 11) is 0. The molecule has 4 rings (SSSR count). The molecule has 0 saturated heterocycles. The van der Waals surface area contributed by atoms with E-state index in [2.05, 4.69) is 46.7 Å². The van der Waals surface area contributed by atoms with Crippen molar-refractivity contribution in [3.8, 4) is 11.5 Å². The second kappa shape index (κ2) is 8.55. The number of hydrogen-bond acceptors (Lipinski definition) is 4. The first-order valence-corrected chi connectivity index (χ1v) is 9.60. The lowest BCUT2D eigenvalue weighted by atomic mass is 10.1. The minimum Gasteiger partial charge on any atom is -0.419 e. The summed E-state index contributed by atoms with van der Waals surface area (Å²) < 4.78 is 19.4. The molecule has 0 amide bonds. The number of nitrogens with one attached hydrogen (secondary N) is 1. The molecule has 0 fully saturated rings. The minimum absolute atomic E-state index is 0.274. The Morgan fingerprint density at radius 1 is 1.00 bits per heavy atom.